The van der Waals surface area contributed by atoms with Crippen LogP contribution in [0.1, 0.15) is 43.4 Å². The number of hydrogen-bond donors (Lipinski definition) is 2. The van der Waals surface area contributed by atoms with Crippen LogP contribution in [0.25, 0.3) is 0 Å². The fourth-order valence-corrected chi connectivity index (χ4v) is 4.32. The highest BCUT2D eigenvalue weighted by atomic mass is 79.9. The van der Waals surface area contributed by atoms with E-state index in [2.05, 4.69) is 33.4 Å². The molecule has 1 heterocycles. The Labute approximate surface area is 122 Å². The minimum atomic E-state index is 0.432. The van der Waals surface area contributed by atoms with E-state index in [0.29, 0.717) is 5.41 Å². The van der Waals surface area contributed by atoms with Crippen molar-refractivity contribution < 1.29 is 0 Å². The molecular formula is C14H23BrN2S. The summed E-state index contributed by atoms with van der Waals surface area (Å²) in [6.07, 6.45) is 8.03. The molecule has 102 valence electrons. The zero-order valence-electron chi connectivity index (χ0n) is 10.9. The molecule has 2 nitrogen and oxygen atoms in total. The topological polar surface area (TPSA) is 38.0 Å². The molecule has 1 aliphatic carbocycles. The van der Waals surface area contributed by atoms with E-state index >= 15 is 0 Å². The lowest BCUT2D eigenvalue weighted by Crippen LogP contribution is -2.35. The zero-order chi connectivity index (χ0) is 12.8. The zero-order valence-corrected chi connectivity index (χ0v) is 13.3. The Kier molecular flexibility index (Phi) is 5.67. The highest BCUT2D eigenvalue weighted by Gasteiger charge is 2.29. The van der Waals surface area contributed by atoms with Crippen LogP contribution in [-0.2, 0) is 6.54 Å². The van der Waals surface area contributed by atoms with Crippen LogP contribution < -0.4 is 11.1 Å². The maximum Gasteiger partial charge on any atom is 0.0701 e. The summed E-state index contributed by atoms with van der Waals surface area (Å²) in [5.41, 5.74) is 6.43. The van der Waals surface area contributed by atoms with Gasteiger partial charge in [0.1, 0.15) is 0 Å². The number of nitrogens with two attached hydrogens (primary N) is 1. The quantitative estimate of drug-likeness (QED) is 0.776. The van der Waals surface area contributed by atoms with E-state index in [-0.39, 0.29) is 0 Å². The summed E-state index contributed by atoms with van der Waals surface area (Å²) in [5, 5.41) is 3.56. The standard InChI is InChI=1S/C14H23BrN2S/c15-13-5-4-12(18-13)10-17-9-8-14(11-16)6-2-1-3-7-14/h4-5,17H,1-3,6-11,16H2. The first kappa shape index (κ1) is 14.5. The van der Waals surface area contributed by atoms with Gasteiger partial charge in [0.15, 0.2) is 0 Å². The van der Waals surface area contributed by atoms with E-state index in [1.165, 1.54) is 47.2 Å². The van der Waals surface area contributed by atoms with Gasteiger partial charge in [0.25, 0.3) is 0 Å². The third kappa shape index (κ3) is 4.05. The van der Waals surface area contributed by atoms with Crippen LogP contribution in [0.5, 0.6) is 0 Å². The van der Waals surface area contributed by atoms with Gasteiger partial charge in [-0.1, -0.05) is 19.3 Å². The molecule has 0 aromatic carbocycles. The van der Waals surface area contributed by atoms with Gasteiger partial charge in [0.2, 0.25) is 0 Å². The van der Waals surface area contributed by atoms with Gasteiger partial charge in [-0.3, -0.25) is 0 Å². The van der Waals surface area contributed by atoms with Gasteiger partial charge in [-0.05, 0) is 65.8 Å². The summed E-state index contributed by atoms with van der Waals surface area (Å²) in [6, 6.07) is 4.30. The summed E-state index contributed by atoms with van der Waals surface area (Å²) >= 11 is 5.31. The second-order valence-corrected chi connectivity index (χ2v) is 7.94. The van der Waals surface area contributed by atoms with Crippen LogP contribution in [0.2, 0.25) is 0 Å². The van der Waals surface area contributed by atoms with Gasteiger partial charge in [-0.2, -0.15) is 0 Å². The van der Waals surface area contributed by atoms with Crippen LogP contribution in [-0.4, -0.2) is 13.1 Å². The summed E-state index contributed by atoms with van der Waals surface area (Å²) < 4.78 is 1.21. The highest BCUT2D eigenvalue weighted by molar-refractivity contribution is 9.11. The SMILES string of the molecule is NCC1(CCNCc2ccc(Br)s2)CCCCC1. The lowest BCUT2D eigenvalue weighted by Gasteiger charge is -2.36. The Morgan fingerprint density at radius 3 is 2.67 bits per heavy atom. The lowest BCUT2D eigenvalue weighted by molar-refractivity contribution is 0.181. The van der Waals surface area contributed by atoms with Crippen molar-refractivity contribution in [2.45, 2.75) is 45.1 Å². The molecule has 3 N–H and O–H groups in total. The molecule has 0 radical (unpaired) electrons. The van der Waals surface area contributed by atoms with E-state index in [1.54, 1.807) is 0 Å². The molecule has 1 fully saturated rings. The normalized spacial score (nSPS) is 19.0. The smallest absolute Gasteiger partial charge is 0.0701 e. The summed E-state index contributed by atoms with van der Waals surface area (Å²) in [7, 11) is 0. The summed E-state index contributed by atoms with van der Waals surface area (Å²) in [5.74, 6) is 0. The van der Waals surface area contributed by atoms with Gasteiger partial charge >= 0.3 is 0 Å². The molecule has 0 atom stereocenters. The van der Waals surface area contributed by atoms with E-state index in [1.807, 2.05) is 11.3 Å². The molecule has 18 heavy (non-hydrogen) atoms. The van der Waals surface area contributed by atoms with Gasteiger partial charge in [-0.25, -0.2) is 0 Å². The number of hydrogen-bond acceptors (Lipinski definition) is 3. The number of rotatable bonds is 6. The molecule has 0 amide bonds. The van der Waals surface area contributed by atoms with Crippen molar-refractivity contribution in [1.29, 1.82) is 0 Å². The Hall–Kier alpha value is 0.1000. The van der Waals surface area contributed by atoms with Gasteiger partial charge in [-0.15, -0.1) is 11.3 Å². The highest BCUT2D eigenvalue weighted by Crippen LogP contribution is 2.37. The molecule has 0 aliphatic heterocycles. The van der Waals surface area contributed by atoms with Crippen LogP contribution in [0.15, 0.2) is 15.9 Å². The van der Waals surface area contributed by atoms with E-state index in [0.717, 1.165) is 19.6 Å². The molecule has 1 saturated carbocycles. The Morgan fingerprint density at radius 2 is 2.06 bits per heavy atom. The lowest BCUT2D eigenvalue weighted by atomic mass is 9.72. The number of thiophene rings is 1. The average molecular weight is 331 g/mol. The third-order valence-corrected chi connectivity index (χ3v) is 5.73. The van der Waals surface area contributed by atoms with Crippen molar-refractivity contribution in [2.24, 2.45) is 11.1 Å². The van der Waals surface area contributed by atoms with E-state index in [4.69, 9.17) is 5.73 Å². The third-order valence-electron chi connectivity index (χ3n) is 4.11. The maximum absolute atomic E-state index is 6.00. The van der Waals surface area contributed by atoms with Crippen LogP contribution in [0.3, 0.4) is 0 Å². The van der Waals surface area contributed by atoms with Crippen molar-refractivity contribution in [2.75, 3.05) is 13.1 Å². The maximum atomic E-state index is 6.00. The van der Waals surface area contributed by atoms with Crippen LogP contribution in [0.4, 0.5) is 0 Å². The van der Waals surface area contributed by atoms with E-state index < -0.39 is 0 Å². The number of halogens is 1. The fraction of sp³-hybridized carbons (Fsp3) is 0.714. The van der Waals surface area contributed by atoms with Crippen molar-refractivity contribution in [3.63, 3.8) is 0 Å². The van der Waals surface area contributed by atoms with Gasteiger partial charge in [0.05, 0.1) is 3.79 Å². The second-order valence-electron chi connectivity index (χ2n) is 5.40. The minimum absolute atomic E-state index is 0.432. The van der Waals surface area contributed by atoms with Crippen molar-refractivity contribution in [1.82, 2.24) is 5.32 Å². The molecule has 1 aromatic heterocycles. The monoisotopic (exact) mass is 330 g/mol. The largest absolute Gasteiger partial charge is 0.330 e. The molecule has 2 rings (SSSR count). The molecule has 1 aromatic rings. The summed E-state index contributed by atoms with van der Waals surface area (Å²) in [6.45, 7) is 2.93. The first-order valence-corrected chi connectivity index (χ1v) is 8.50. The molecule has 0 unspecified atom stereocenters. The first-order chi connectivity index (χ1) is 8.74. The van der Waals surface area contributed by atoms with E-state index in [9.17, 15) is 0 Å². The minimum Gasteiger partial charge on any atom is -0.330 e. The van der Waals surface area contributed by atoms with Crippen LogP contribution >= 0.6 is 27.3 Å². The molecule has 1 aliphatic rings. The van der Waals surface area contributed by atoms with Gasteiger partial charge in [0, 0.05) is 11.4 Å². The predicted molar refractivity (Wildman–Crippen MR) is 82.9 cm³/mol. The molecule has 0 spiro atoms. The molecule has 0 saturated heterocycles. The fourth-order valence-electron chi connectivity index (χ4n) is 2.87. The predicted octanol–water partition coefficient (Wildman–Crippen LogP) is 3.90. The Morgan fingerprint density at radius 1 is 1.28 bits per heavy atom. The van der Waals surface area contributed by atoms with Gasteiger partial charge < -0.3 is 11.1 Å². The Bertz CT molecular complexity index is 358. The van der Waals surface area contributed by atoms with Crippen molar-refractivity contribution in [3.8, 4) is 0 Å². The number of nitrogens with one attached hydrogen (secondary N) is 1. The van der Waals surface area contributed by atoms with Crippen molar-refractivity contribution >= 4 is 27.3 Å². The first-order valence-electron chi connectivity index (χ1n) is 6.89. The Balaban J connectivity index is 1.70. The molecular weight excluding hydrogens is 308 g/mol. The second kappa shape index (κ2) is 7.04. The molecule has 4 heteroatoms. The van der Waals surface area contributed by atoms with Crippen LogP contribution in [0, 0.1) is 5.41 Å². The van der Waals surface area contributed by atoms with Crippen molar-refractivity contribution in [3.05, 3.63) is 20.8 Å². The summed E-state index contributed by atoms with van der Waals surface area (Å²) in [4.78, 5) is 1.40. The average Bonchev–Trinajstić information content (AvgIpc) is 2.82. The molecule has 0 bridgehead atoms.